The Morgan fingerprint density at radius 3 is 2.29 bits per heavy atom. The summed E-state index contributed by atoms with van der Waals surface area (Å²) in [7, 11) is 0. The third-order valence-electron chi connectivity index (χ3n) is 1.74. The maximum Gasteiger partial charge on any atom is -0.0227 e. The Balaban J connectivity index is 0.000000791. The van der Waals surface area contributed by atoms with Crippen LogP contribution in [0.15, 0.2) is 42.5 Å². The average molecular weight is 188 g/mol. The molecule has 0 N–H and O–H groups in total. The zero-order valence-electron chi connectivity index (χ0n) is 9.67. The summed E-state index contributed by atoms with van der Waals surface area (Å²) in [5.41, 5.74) is 3.65. The van der Waals surface area contributed by atoms with E-state index in [1.807, 2.05) is 39.0 Å². The van der Waals surface area contributed by atoms with E-state index in [2.05, 4.69) is 31.7 Å². The summed E-state index contributed by atoms with van der Waals surface area (Å²) in [5, 5.41) is 0. The summed E-state index contributed by atoms with van der Waals surface area (Å²) in [6.45, 7) is 11.9. The van der Waals surface area contributed by atoms with E-state index in [0.29, 0.717) is 0 Å². The second-order valence-corrected chi connectivity index (χ2v) is 3.04. The molecule has 0 aliphatic rings. The molecule has 0 aliphatic carbocycles. The number of rotatable bonds is 2. The van der Waals surface area contributed by atoms with Crippen LogP contribution in [-0.2, 0) is 0 Å². The molecule has 1 aromatic carbocycles. The fourth-order valence-electron chi connectivity index (χ4n) is 1.01. The molecule has 0 atom stereocenters. The average Bonchev–Trinajstić information content (AvgIpc) is 2.19. The Morgan fingerprint density at radius 2 is 1.79 bits per heavy atom. The Bertz CT molecular complexity index is 306. The third-order valence-corrected chi connectivity index (χ3v) is 1.74. The van der Waals surface area contributed by atoms with Gasteiger partial charge in [-0.05, 0) is 25.0 Å². The van der Waals surface area contributed by atoms with Gasteiger partial charge in [0.05, 0.1) is 0 Å². The van der Waals surface area contributed by atoms with Gasteiger partial charge in [0.1, 0.15) is 0 Å². The summed E-state index contributed by atoms with van der Waals surface area (Å²) >= 11 is 0. The van der Waals surface area contributed by atoms with E-state index in [4.69, 9.17) is 0 Å². The van der Waals surface area contributed by atoms with E-state index in [1.54, 1.807) is 0 Å². The summed E-state index contributed by atoms with van der Waals surface area (Å²) in [4.78, 5) is 0. The van der Waals surface area contributed by atoms with Crippen molar-refractivity contribution >= 4 is 6.08 Å². The zero-order valence-corrected chi connectivity index (χ0v) is 9.67. The Morgan fingerprint density at radius 1 is 1.21 bits per heavy atom. The van der Waals surface area contributed by atoms with Crippen LogP contribution in [0.2, 0.25) is 0 Å². The highest BCUT2D eigenvalue weighted by molar-refractivity contribution is 5.55. The molecule has 76 valence electrons. The van der Waals surface area contributed by atoms with Crippen molar-refractivity contribution < 1.29 is 0 Å². The van der Waals surface area contributed by atoms with E-state index < -0.39 is 0 Å². The third kappa shape index (κ3) is 4.66. The Kier molecular flexibility index (Phi) is 6.47. The minimum Gasteiger partial charge on any atom is -0.0961 e. The summed E-state index contributed by atoms with van der Waals surface area (Å²) in [5.74, 6) is 0. The molecular weight excluding hydrogens is 168 g/mol. The van der Waals surface area contributed by atoms with E-state index in [-0.39, 0.29) is 0 Å². The zero-order chi connectivity index (χ0) is 11.0. The van der Waals surface area contributed by atoms with Crippen LogP contribution in [0.4, 0.5) is 0 Å². The standard InChI is InChI=1S/C12H14.C2H6/c1-10(2)8-9-12-7-5-4-6-11(12)3;1-2/h4-9H,1H2,2-3H3;1-2H3/b9-8-;. The first-order valence-electron chi connectivity index (χ1n) is 5.09. The maximum absolute atomic E-state index is 3.81. The Labute approximate surface area is 88.0 Å². The quantitative estimate of drug-likeness (QED) is 0.594. The molecule has 0 saturated heterocycles. The highest BCUT2D eigenvalue weighted by atomic mass is 13.9. The first-order valence-corrected chi connectivity index (χ1v) is 5.09. The van der Waals surface area contributed by atoms with Crippen LogP contribution in [0.5, 0.6) is 0 Å². The first kappa shape index (κ1) is 12.7. The summed E-state index contributed by atoms with van der Waals surface area (Å²) in [6, 6.07) is 8.31. The van der Waals surface area contributed by atoms with Gasteiger partial charge in [-0.3, -0.25) is 0 Å². The smallest absolute Gasteiger partial charge is 0.0227 e. The number of benzene rings is 1. The fraction of sp³-hybridized carbons (Fsp3) is 0.286. The van der Waals surface area contributed by atoms with Crippen LogP contribution in [-0.4, -0.2) is 0 Å². The van der Waals surface area contributed by atoms with Crippen LogP contribution in [0.1, 0.15) is 31.9 Å². The van der Waals surface area contributed by atoms with Crippen molar-refractivity contribution in [3.63, 3.8) is 0 Å². The Hall–Kier alpha value is -1.30. The SMILES string of the molecule is C=C(C)/C=C\c1ccccc1C.CC. The van der Waals surface area contributed by atoms with E-state index in [0.717, 1.165) is 5.57 Å². The number of hydrogen-bond donors (Lipinski definition) is 0. The molecule has 1 aromatic rings. The molecule has 0 nitrogen and oxygen atoms in total. The van der Waals surface area contributed by atoms with Gasteiger partial charge in [0.25, 0.3) is 0 Å². The van der Waals surface area contributed by atoms with Crippen LogP contribution in [0, 0.1) is 6.92 Å². The molecule has 0 amide bonds. The molecule has 0 aliphatic heterocycles. The lowest BCUT2D eigenvalue weighted by molar-refractivity contribution is 1.44. The molecule has 0 aromatic heterocycles. The van der Waals surface area contributed by atoms with E-state index in [9.17, 15) is 0 Å². The van der Waals surface area contributed by atoms with Crippen molar-refractivity contribution in [1.29, 1.82) is 0 Å². The molecule has 0 saturated carbocycles. The molecule has 0 heterocycles. The molecule has 0 radical (unpaired) electrons. The van der Waals surface area contributed by atoms with Crippen molar-refractivity contribution in [2.45, 2.75) is 27.7 Å². The molecule has 0 unspecified atom stereocenters. The molecule has 1 rings (SSSR count). The van der Waals surface area contributed by atoms with Crippen molar-refractivity contribution in [2.24, 2.45) is 0 Å². The minimum absolute atomic E-state index is 1.08. The number of hydrogen-bond acceptors (Lipinski definition) is 0. The fourth-order valence-corrected chi connectivity index (χ4v) is 1.01. The molecule has 0 bridgehead atoms. The highest BCUT2D eigenvalue weighted by Gasteiger charge is 1.89. The summed E-state index contributed by atoms with van der Waals surface area (Å²) in [6.07, 6.45) is 4.12. The van der Waals surface area contributed by atoms with Gasteiger partial charge in [0.2, 0.25) is 0 Å². The lowest BCUT2D eigenvalue weighted by Crippen LogP contribution is -1.77. The molecule has 0 heteroatoms. The maximum atomic E-state index is 3.81. The minimum atomic E-state index is 1.08. The molecular formula is C14H20. The van der Waals surface area contributed by atoms with Gasteiger partial charge in [-0.15, -0.1) is 0 Å². The van der Waals surface area contributed by atoms with Gasteiger partial charge >= 0.3 is 0 Å². The van der Waals surface area contributed by atoms with Crippen molar-refractivity contribution in [3.8, 4) is 0 Å². The van der Waals surface area contributed by atoms with Crippen LogP contribution < -0.4 is 0 Å². The predicted octanol–water partition coefficient (Wildman–Crippen LogP) is 4.61. The first-order chi connectivity index (χ1) is 6.70. The van der Waals surface area contributed by atoms with E-state index in [1.165, 1.54) is 11.1 Å². The van der Waals surface area contributed by atoms with E-state index >= 15 is 0 Å². The van der Waals surface area contributed by atoms with Gasteiger partial charge in [-0.2, -0.15) is 0 Å². The van der Waals surface area contributed by atoms with Crippen LogP contribution >= 0.6 is 0 Å². The number of aryl methyl sites for hydroxylation is 1. The molecule has 14 heavy (non-hydrogen) atoms. The molecule has 0 fully saturated rings. The lowest BCUT2D eigenvalue weighted by atomic mass is 10.1. The molecule has 0 spiro atoms. The topological polar surface area (TPSA) is 0 Å². The normalized spacial score (nSPS) is 9.43. The second-order valence-electron chi connectivity index (χ2n) is 3.04. The van der Waals surface area contributed by atoms with Crippen LogP contribution in [0.3, 0.4) is 0 Å². The predicted molar refractivity (Wildman–Crippen MR) is 66.4 cm³/mol. The van der Waals surface area contributed by atoms with Crippen molar-refractivity contribution in [2.75, 3.05) is 0 Å². The lowest BCUT2D eigenvalue weighted by Gasteiger charge is -1.97. The second kappa shape index (κ2) is 7.14. The highest BCUT2D eigenvalue weighted by Crippen LogP contribution is 2.09. The van der Waals surface area contributed by atoms with Gasteiger partial charge < -0.3 is 0 Å². The van der Waals surface area contributed by atoms with Crippen LogP contribution in [0.25, 0.3) is 6.08 Å². The van der Waals surface area contributed by atoms with Gasteiger partial charge in [-0.1, -0.05) is 62.4 Å². The monoisotopic (exact) mass is 188 g/mol. The van der Waals surface area contributed by atoms with Crippen molar-refractivity contribution in [1.82, 2.24) is 0 Å². The van der Waals surface area contributed by atoms with Gasteiger partial charge in [-0.25, -0.2) is 0 Å². The van der Waals surface area contributed by atoms with Gasteiger partial charge in [0, 0.05) is 0 Å². The van der Waals surface area contributed by atoms with Crippen molar-refractivity contribution in [3.05, 3.63) is 53.6 Å². The largest absolute Gasteiger partial charge is 0.0961 e. The van der Waals surface area contributed by atoms with Gasteiger partial charge in [0.15, 0.2) is 0 Å². The summed E-state index contributed by atoms with van der Waals surface area (Å²) < 4.78 is 0. The number of allylic oxidation sites excluding steroid dienone is 2.